The van der Waals surface area contributed by atoms with Crippen LogP contribution in [0.2, 0.25) is 0 Å². The molecule has 0 radical (unpaired) electrons. The molecule has 1 heterocycles. The third kappa shape index (κ3) is 15.3. The van der Waals surface area contributed by atoms with Gasteiger partial charge in [0.15, 0.2) is 6.61 Å². The first-order valence-corrected chi connectivity index (χ1v) is 14.9. The predicted molar refractivity (Wildman–Crippen MR) is 167 cm³/mol. The Balaban J connectivity index is 1.63. The highest BCUT2D eigenvalue weighted by Gasteiger charge is 2.21. The molecular formula is C29H51N7O8. The average molecular weight is 626 g/mol. The number of hydrogen-bond donors (Lipinski definition) is 6. The summed E-state index contributed by atoms with van der Waals surface area (Å²) in [4.78, 5) is 41.1. The number of ether oxygens (including phenoxy) is 1. The van der Waals surface area contributed by atoms with Crippen LogP contribution in [-0.4, -0.2) is 135 Å². The van der Waals surface area contributed by atoms with Crippen LogP contribution >= 0.6 is 0 Å². The molecule has 0 aliphatic heterocycles. The molecule has 0 spiro atoms. The molecule has 7 N–H and O–H groups in total. The number of hydrogen-bond acceptors (Lipinski definition) is 14. The number of aliphatic hydroxyl groups excluding tert-OH is 2. The lowest BCUT2D eigenvalue weighted by Gasteiger charge is -2.34. The van der Waals surface area contributed by atoms with E-state index in [0.717, 1.165) is 5.39 Å². The summed E-state index contributed by atoms with van der Waals surface area (Å²) in [5.74, 6) is 0.133. The first kappa shape index (κ1) is 37.5. The van der Waals surface area contributed by atoms with Crippen LogP contribution < -0.4 is 32.4 Å². The average Bonchev–Trinajstić information content (AvgIpc) is 2.98. The number of carbonyl (C=O) groups excluding carboxylic acids is 1. The fraction of sp³-hybridized carbons (Fsp3) is 0.655. The van der Waals surface area contributed by atoms with Crippen molar-refractivity contribution in [3.63, 3.8) is 0 Å². The van der Waals surface area contributed by atoms with E-state index in [0.29, 0.717) is 83.5 Å². The Morgan fingerprint density at radius 1 is 0.886 bits per heavy atom. The van der Waals surface area contributed by atoms with E-state index in [1.807, 2.05) is 9.80 Å². The summed E-state index contributed by atoms with van der Waals surface area (Å²) < 4.78 is 10.7. The molecule has 2 aromatic rings. The van der Waals surface area contributed by atoms with Gasteiger partial charge in [0.2, 0.25) is 0 Å². The zero-order valence-corrected chi connectivity index (χ0v) is 26.3. The fourth-order valence-electron chi connectivity index (χ4n) is 4.04. The van der Waals surface area contributed by atoms with Gasteiger partial charge in [0.1, 0.15) is 24.8 Å². The molecule has 0 aliphatic rings. The Morgan fingerprint density at radius 2 is 1.48 bits per heavy atom. The van der Waals surface area contributed by atoms with Gasteiger partial charge in [-0.15, -0.1) is 0 Å². The summed E-state index contributed by atoms with van der Waals surface area (Å²) in [6.07, 6.45) is 0. The van der Waals surface area contributed by atoms with Gasteiger partial charge < -0.3 is 30.4 Å². The number of rotatable bonds is 24. The number of nitrogens with zero attached hydrogens (tertiary/aromatic N) is 3. The highest BCUT2D eigenvalue weighted by molar-refractivity contribution is 5.79. The first-order valence-electron chi connectivity index (χ1n) is 14.9. The molecule has 44 heavy (non-hydrogen) atoms. The van der Waals surface area contributed by atoms with E-state index in [2.05, 4.69) is 41.9 Å². The van der Waals surface area contributed by atoms with E-state index in [-0.39, 0.29) is 38.0 Å². The summed E-state index contributed by atoms with van der Waals surface area (Å²) in [7, 11) is 0. The lowest BCUT2D eigenvalue weighted by atomic mass is 10.1. The SMILES string of the molecule is CC(C)(C)N(CONCCN(CCN)CCO)CONCCN(CCO)CCNC(=O)COc1ccc2ccc(=O)oc2c1. The zero-order chi connectivity index (χ0) is 32.2. The molecule has 0 atom stereocenters. The number of nitrogens with two attached hydrogens (primary N) is 1. The summed E-state index contributed by atoms with van der Waals surface area (Å²) in [6.45, 7) is 12.3. The maximum absolute atomic E-state index is 12.3. The lowest BCUT2D eigenvalue weighted by molar-refractivity contribution is -0.133. The molecule has 0 saturated heterocycles. The van der Waals surface area contributed by atoms with Gasteiger partial charge in [-0.3, -0.25) is 24.3 Å². The number of aliphatic hydroxyl groups is 2. The molecule has 0 unspecified atom stereocenters. The first-order chi connectivity index (χ1) is 21.2. The Bertz CT molecular complexity index is 1120. The van der Waals surface area contributed by atoms with Crippen LogP contribution in [-0.2, 0) is 14.5 Å². The lowest BCUT2D eigenvalue weighted by Crippen LogP contribution is -2.47. The topological polar surface area (TPSA) is 187 Å². The number of fused-ring (bicyclic) bond motifs is 1. The van der Waals surface area contributed by atoms with Gasteiger partial charge in [-0.25, -0.2) is 9.69 Å². The van der Waals surface area contributed by atoms with Crippen molar-refractivity contribution in [2.75, 3.05) is 98.7 Å². The number of amides is 1. The van der Waals surface area contributed by atoms with Gasteiger partial charge >= 0.3 is 5.63 Å². The summed E-state index contributed by atoms with van der Waals surface area (Å²) >= 11 is 0. The van der Waals surface area contributed by atoms with Gasteiger partial charge in [0.05, 0.1) is 13.2 Å². The molecule has 1 amide bonds. The van der Waals surface area contributed by atoms with Crippen LogP contribution in [0.3, 0.4) is 0 Å². The number of nitrogens with one attached hydrogen (secondary N) is 3. The summed E-state index contributed by atoms with van der Waals surface area (Å²) in [5.41, 5.74) is 11.2. The molecule has 1 aromatic carbocycles. The van der Waals surface area contributed by atoms with Crippen molar-refractivity contribution in [3.05, 3.63) is 40.8 Å². The smallest absolute Gasteiger partial charge is 0.336 e. The summed E-state index contributed by atoms with van der Waals surface area (Å²) in [6, 6.07) is 8.04. The van der Waals surface area contributed by atoms with Crippen molar-refractivity contribution in [2.24, 2.45) is 5.73 Å². The molecule has 250 valence electrons. The minimum atomic E-state index is -0.454. The minimum Gasteiger partial charge on any atom is -0.484 e. The van der Waals surface area contributed by atoms with Gasteiger partial charge in [-0.1, -0.05) is 0 Å². The van der Waals surface area contributed by atoms with Crippen LogP contribution in [0.1, 0.15) is 20.8 Å². The van der Waals surface area contributed by atoms with Crippen LogP contribution in [0.4, 0.5) is 0 Å². The maximum atomic E-state index is 12.3. The third-order valence-corrected chi connectivity index (χ3v) is 6.65. The number of benzene rings is 1. The van der Waals surface area contributed by atoms with Gasteiger partial charge in [-0.2, -0.15) is 11.0 Å². The molecule has 2 rings (SSSR count). The molecule has 0 saturated carbocycles. The summed E-state index contributed by atoms with van der Waals surface area (Å²) in [5, 5.41) is 22.2. The van der Waals surface area contributed by atoms with Crippen LogP contribution in [0.15, 0.2) is 39.5 Å². The Hall–Kier alpha value is -2.70. The highest BCUT2D eigenvalue weighted by Crippen LogP contribution is 2.19. The standard InChI is InChI=1S/C29H51N7O8/c1-29(2,3)36(22-42-32-10-14-34(12-8-30)16-18-37)23-43-33-11-15-35(17-19-38)13-9-31-27(39)21-41-25-6-4-24-5-7-28(40)44-26(24)20-25/h4-7,20,32-33,37-38H,8-19,21-23,30H2,1-3H3,(H,31,39). The normalized spacial score (nSPS) is 12.1. The van der Waals surface area contributed by atoms with E-state index >= 15 is 0 Å². The number of hydroxylamine groups is 2. The quantitative estimate of drug-likeness (QED) is 0.0357. The van der Waals surface area contributed by atoms with E-state index in [9.17, 15) is 14.7 Å². The second kappa shape index (κ2) is 21.1. The van der Waals surface area contributed by atoms with Crippen molar-refractivity contribution in [2.45, 2.75) is 26.3 Å². The molecule has 0 aliphatic carbocycles. The van der Waals surface area contributed by atoms with Crippen molar-refractivity contribution in [3.8, 4) is 5.75 Å². The molecule has 15 nitrogen and oxygen atoms in total. The molecular weight excluding hydrogens is 574 g/mol. The second-order valence-electron chi connectivity index (χ2n) is 11.1. The fourth-order valence-corrected chi connectivity index (χ4v) is 4.04. The maximum Gasteiger partial charge on any atom is 0.336 e. The van der Waals surface area contributed by atoms with Gasteiger partial charge in [0, 0.05) is 88.5 Å². The Morgan fingerprint density at radius 3 is 2.07 bits per heavy atom. The van der Waals surface area contributed by atoms with Crippen LogP contribution in [0, 0.1) is 0 Å². The molecule has 15 heteroatoms. The molecule has 0 bridgehead atoms. The van der Waals surface area contributed by atoms with E-state index in [1.165, 1.54) is 6.07 Å². The van der Waals surface area contributed by atoms with Crippen LogP contribution in [0.25, 0.3) is 11.0 Å². The Kier molecular flexibility index (Phi) is 18.0. The van der Waals surface area contributed by atoms with Crippen molar-refractivity contribution in [1.82, 2.24) is 31.0 Å². The van der Waals surface area contributed by atoms with Gasteiger partial charge in [0.25, 0.3) is 5.91 Å². The molecule has 0 fully saturated rings. The van der Waals surface area contributed by atoms with Crippen molar-refractivity contribution in [1.29, 1.82) is 0 Å². The predicted octanol–water partition coefficient (Wildman–Crippen LogP) is -1.11. The van der Waals surface area contributed by atoms with Crippen molar-refractivity contribution < 1.29 is 33.8 Å². The van der Waals surface area contributed by atoms with Crippen molar-refractivity contribution >= 4 is 16.9 Å². The third-order valence-electron chi connectivity index (χ3n) is 6.65. The Labute approximate surface area is 259 Å². The minimum absolute atomic E-state index is 0.0118. The largest absolute Gasteiger partial charge is 0.484 e. The highest BCUT2D eigenvalue weighted by atomic mass is 16.7. The monoisotopic (exact) mass is 625 g/mol. The second-order valence-corrected chi connectivity index (χ2v) is 11.1. The van der Waals surface area contributed by atoms with Crippen LogP contribution in [0.5, 0.6) is 5.75 Å². The van der Waals surface area contributed by atoms with E-state index in [1.54, 1.807) is 24.3 Å². The molecule has 1 aromatic heterocycles. The van der Waals surface area contributed by atoms with Gasteiger partial charge in [-0.05, 0) is 39.0 Å². The van der Waals surface area contributed by atoms with E-state index < -0.39 is 5.63 Å². The van der Waals surface area contributed by atoms with E-state index in [4.69, 9.17) is 29.7 Å². The number of carbonyl (C=O) groups is 1. The zero-order valence-electron chi connectivity index (χ0n) is 26.3.